The van der Waals surface area contributed by atoms with Crippen molar-refractivity contribution in [2.24, 2.45) is 5.92 Å². The molecule has 1 saturated heterocycles. The van der Waals surface area contributed by atoms with E-state index in [-0.39, 0.29) is 41.8 Å². The van der Waals surface area contributed by atoms with Gasteiger partial charge < -0.3 is 20.1 Å². The third-order valence-electron chi connectivity index (χ3n) is 7.05. The van der Waals surface area contributed by atoms with E-state index in [9.17, 15) is 18.0 Å². The number of piperidine rings is 1. The van der Waals surface area contributed by atoms with Gasteiger partial charge in [0, 0.05) is 25.1 Å². The van der Waals surface area contributed by atoms with Crippen molar-refractivity contribution in [3.8, 4) is 11.5 Å². The standard InChI is InChI=1S/C29H31N3O6S/c1-20(21-7-3-2-4-8-21)30-29(34)24-9-5-6-10-25(24)31-28(33)22-13-15-32(16-14-22)39(35,36)23-11-12-26-27(19-23)38-18-17-37-26/h2-12,19-20,22H,13-18H2,1H3,(H,30,34)(H,31,33). The number of rotatable bonds is 7. The maximum absolute atomic E-state index is 13.2. The summed E-state index contributed by atoms with van der Waals surface area (Å²) in [5, 5.41) is 5.88. The number of benzene rings is 3. The van der Waals surface area contributed by atoms with E-state index >= 15 is 0 Å². The Morgan fingerprint density at radius 3 is 2.31 bits per heavy atom. The Balaban J connectivity index is 1.20. The Morgan fingerprint density at radius 2 is 1.56 bits per heavy atom. The smallest absolute Gasteiger partial charge is 0.253 e. The third kappa shape index (κ3) is 5.91. The summed E-state index contributed by atoms with van der Waals surface area (Å²) in [6.45, 7) is 3.13. The molecule has 2 amide bonds. The van der Waals surface area contributed by atoms with Crippen molar-refractivity contribution in [3.63, 3.8) is 0 Å². The largest absolute Gasteiger partial charge is 0.486 e. The van der Waals surface area contributed by atoms with E-state index in [0.717, 1.165) is 5.56 Å². The molecule has 0 radical (unpaired) electrons. The summed E-state index contributed by atoms with van der Waals surface area (Å²) in [7, 11) is -3.74. The highest BCUT2D eigenvalue weighted by Crippen LogP contribution is 2.34. The van der Waals surface area contributed by atoms with E-state index in [4.69, 9.17) is 9.47 Å². The SMILES string of the molecule is CC(NC(=O)c1ccccc1NC(=O)C1CCN(S(=O)(=O)c2ccc3c(c2)OCCO3)CC1)c1ccccc1. The van der Waals surface area contributed by atoms with Gasteiger partial charge in [0.25, 0.3) is 5.91 Å². The second-order valence-corrected chi connectivity index (χ2v) is 11.6. The predicted octanol–water partition coefficient (Wildman–Crippen LogP) is 3.99. The average molecular weight is 550 g/mol. The first-order valence-electron chi connectivity index (χ1n) is 13.0. The molecule has 204 valence electrons. The van der Waals surface area contributed by atoms with E-state index in [1.165, 1.54) is 16.4 Å². The molecule has 0 aromatic heterocycles. The van der Waals surface area contributed by atoms with Crippen molar-refractivity contribution in [3.05, 3.63) is 83.9 Å². The van der Waals surface area contributed by atoms with Crippen LogP contribution in [0.3, 0.4) is 0 Å². The number of para-hydroxylation sites is 1. The first kappa shape index (κ1) is 26.7. The van der Waals surface area contributed by atoms with Gasteiger partial charge in [-0.1, -0.05) is 42.5 Å². The minimum atomic E-state index is -3.74. The summed E-state index contributed by atoms with van der Waals surface area (Å²) in [6, 6.07) is 20.9. The molecule has 2 heterocycles. The molecule has 0 saturated carbocycles. The Labute approximate surface area is 228 Å². The van der Waals surface area contributed by atoms with Gasteiger partial charge in [-0.2, -0.15) is 4.31 Å². The molecule has 0 bridgehead atoms. The second-order valence-electron chi connectivity index (χ2n) is 9.62. The number of carbonyl (C=O) groups excluding carboxylic acids is 2. The summed E-state index contributed by atoms with van der Waals surface area (Å²) >= 11 is 0. The Morgan fingerprint density at radius 1 is 0.897 bits per heavy atom. The van der Waals surface area contributed by atoms with Crippen LogP contribution >= 0.6 is 0 Å². The third-order valence-corrected chi connectivity index (χ3v) is 8.95. The van der Waals surface area contributed by atoms with Crippen molar-refractivity contribution in [2.75, 3.05) is 31.6 Å². The second kappa shape index (κ2) is 11.5. The van der Waals surface area contributed by atoms with Gasteiger partial charge in [-0.25, -0.2) is 8.42 Å². The van der Waals surface area contributed by atoms with E-state index in [0.29, 0.717) is 48.8 Å². The van der Waals surface area contributed by atoms with E-state index in [1.807, 2.05) is 37.3 Å². The molecule has 2 aliphatic heterocycles. The molecule has 39 heavy (non-hydrogen) atoms. The highest BCUT2D eigenvalue weighted by molar-refractivity contribution is 7.89. The lowest BCUT2D eigenvalue weighted by atomic mass is 9.97. The van der Waals surface area contributed by atoms with Crippen LogP contribution in [0.15, 0.2) is 77.7 Å². The molecule has 1 unspecified atom stereocenters. The maximum Gasteiger partial charge on any atom is 0.253 e. The van der Waals surface area contributed by atoms with E-state index in [2.05, 4.69) is 10.6 Å². The summed E-state index contributed by atoms with van der Waals surface area (Å²) in [5.74, 6) is 0.0397. The monoisotopic (exact) mass is 549 g/mol. The van der Waals surface area contributed by atoms with Crippen molar-refractivity contribution < 1.29 is 27.5 Å². The zero-order chi connectivity index (χ0) is 27.4. The van der Waals surface area contributed by atoms with Crippen LogP contribution in [0.1, 0.15) is 41.7 Å². The van der Waals surface area contributed by atoms with Crippen LogP contribution in [0.5, 0.6) is 11.5 Å². The molecule has 1 fully saturated rings. The molecular formula is C29H31N3O6S. The summed E-state index contributed by atoms with van der Waals surface area (Å²) in [6.07, 6.45) is 0.740. The van der Waals surface area contributed by atoms with Gasteiger partial charge >= 0.3 is 0 Å². The van der Waals surface area contributed by atoms with Gasteiger partial charge in [-0.15, -0.1) is 0 Å². The number of hydrogen-bond acceptors (Lipinski definition) is 6. The van der Waals surface area contributed by atoms with Gasteiger partial charge in [0.15, 0.2) is 11.5 Å². The zero-order valence-electron chi connectivity index (χ0n) is 21.6. The van der Waals surface area contributed by atoms with Crippen molar-refractivity contribution in [1.29, 1.82) is 0 Å². The first-order valence-corrected chi connectivity index (χ1v) is 14.4. The fourth-order valence-corrected chi connectivity index (χ4v) is 6.30. The van der Waals surface area contributed by atoms with Gasteiger partial charge in [0.1, 0.15) is 13.2 Å². The number of sulfonamides is 1. The molecule has 3 aromatic rings. The molecular weight excluding hydrogens is 518 g/mol. The Bertz CT molecular complexity index is 1450. The normalized spacial score (nSPS) is 16.7. The topological polar surface area (TPSA) is 114 Å². The number of carbonyl (C=O) groups is 2. The van der Waals surface area contributed by atoms with Gasteiger partial charge in [0.2, 0.25) is 15.9 Å². The first-order chi connectivity index (χ1) is 18.8. The van der Waals surface area contributed by atoms with Crippen LogP contribution in [0.4, 0.5) is 5.69 Å². The Kier molecular flexibility index (Phi) is 7.85. The molecule has 2 aliphatic rings. The number of anilines is 1. The average Bonchev–Trinajstić information content (AvgIpc) is 2.97. The number of nitrogens with one attached hydrogen (secondary N) is 2. The lowest BCUT2D eigenvalue weighted by molar-refractivity contribution is -0.120. The minimum Gasteiger partial charge on any atom is -0.486 e. The molecule has 0 aliphatic carbocycles. The van der Waals surface area contributed by atoms with Gasteiger partial charge in [0.05, 0.1) is 22.2 Å². The molecule has 1 atom stereocenters. The molecule has 2 N–H and O–H groups in total. The predicted molar refractivity (Wildman–Crippen MR) is 146 cm³/mol. The van der Waals surface area contributed by atoms with Crippen molar-refractivity contribution in [1.82, 2.24) is 9.62 Å². The number of nitrogens with zero attached hydrogens (tertiary/aromatic N) is 1. The highest BCUT2D eigenvalue weighted by atomic mass is 32.2. The van der Waals surface area contributed by atoms with Crippen LogP contribution in [-0.2, 0) is 14.8 Å². The fraction of sp³-hybridized carbons (Fsp3) is 0.310. The van der Waals surface area contributed by atoms with E-state index < -0.39 is 10.0 Å². The van der Waals surface area contributed by atoms with E-state index in [1.54, 1.807) is 30.3 Å². The number of fused-ring (bicyclic) bond motifs is 1. The van der Waals surface area contributed by atoms with Crippen molar-refractivity contribution >= 4 is 27.5 Å². The molecule has 5 rings (SSSR count). The minimum absolute atomic E-state index is 0.138. The van der Waals surface area contributed by atoms with Gasteiger partial charge in [-0.3, -0.25) is 9.59 Å². The number of hydrogen-bond donors (Lipinski definition) is 2. The molecule has 10 heteroatoms. The molecule has 3 aromatic carbocycles. The van der Waals surface area contributed by atoms with Crippen molar-refractivity contribution in [2.45, 2.75) is 30.7 Å². The summed E-state index contributed by atoms with van der Waals surface area (Å²) in [4.78, 5) is 26.3. The lowest BCUT2D eigenvalue weighted by Crippen LogP contribution is -2.41. The highest BCUT2D eigenvalue weighted by Gasteiger charge is 2.33. The Hall–Kier alpha value is -3.89. The van der Waals surface area contributed by atoms with Gasteiger partial charge in [-0.05, 0) is 49.6 Å². The fourth-order valence-electron chi connectivity index (χ4n) is 4.82. The van der Waals surface area contributed by atoms with Crippen LogP contribution < -0.4 is 20.1 Å². The molecule has 0 spiro atoms. The van der Waals surface area contributed by atoms with Crippen LogP contribution in [-0.4, -0.2) is 50.8 Å². The quantitative estimate of drug-likeness (QED) is 0.461. The summed E-state index contributed by atoms with van der Waals surface area (Å²) < 4.78 is 38.9. The number of ether oxygens (including phenoxy) is 2. The summed E-state index contributed by atoms with van der Waals surface area (Å²) in [5.41, 5.74) is 1.77. The zero-order valence-corrected chi connectivity index (χ0v) is 22.4. The van der Waals surface area contributed by atoms with Crippen LogP contribution in [0.2, 0.25) is 0 Å². The maximum atomic E-state index is 13.2. The lowest BCUT2D eigenvalue weighted by Gasteiger charge is -2.31. The molecule has 9 nitrogen and oxygen atoms in total. The number of amides is 2. The van der Waals surface area contributed by atoms with Crippen LogP contribution in [0.25, 0.3) is 0 Å². The van der Waals surface area contributed by atoms with Crippen LogP contribution in [0, 0.1) is 5.92 Å².